The van der Waals surface area contributed by atoms with Gasteiger partial charge in [0.1, 0.15) is 11.4 Å². The van der Waals surface area contributed by atoms with Crippen LogP contribution in [0, 0.1) is 17.8 Å². The van der Waals surface area contributed by atoms with Gasteiger partial charge in [-0.2, -0.15) is 0 Å². The van der Waals surface area contributed by atoms with Crippen LogP contribution >= 0.6 is 11.3 Å². The van der Waals surface area contributed by atoms with Crippen LogP contribution in [-0.4, -0.2) is 41.2 Å². The lowest BCUT2D eigenvalue weighted by Crippen LogP contribution is -2.28. The van der Waals surface area contributed by atoms with Gasteiger partial charge < -0.3 is 9.64 Å². The lowest BCUT2D eigenvalue weighted by molar-refractivity contribution is -0.119. The summed E-state index contributed by atoms with van der Waals surface area (Å²) < 4.78 is 32.5. The number of amides is 2. The number of pyridine rings is 1. The van der Waals surface area contributed by atoms with Crippen molar-refractivity contribution in [1.29, 1.82) is 0 Å². The van der Waals surface area contributed by atoms with E-state index < -0.39 is 23.4 Å². The van der Waals surface area contributed by atoms with Crippen molar-refractivity contribution in [2.45, 2.75) is 37.5 Å². The number of ether oxygens (including phenoxy) is 1. The van der Waals surface area contributed by atoms with Gasteiger partial charge in [-0.3, -0.25) is 19.9 Å². The number of hydrogen-bond donors (Lipinski definition) is 1. The number of nitrogens with one attached hydrogen (secondary N) is 1. The number of aromatic nitrogens is 3. The standard InChI is InChI=1S/C26H21F2N5O3S/c1-33-19-11-16(23(34)30-25-32-31-21(37-25)6-5-13-3-4-13)14(9-17(19)26(7-8-26)24(33)35)15-10-18(22(27)28)29-12-20(15)36-2/h9-13,22H,3-4,7-8H2,1-2H3,(H,30,32,34). The highest BCUT2D eigenvalue weighted by Crippen LogP contribution is 2.58. The number of nitrogens with zero attached hydrogens (tertiary/aromatic N) is 4. The molecule has 188 valence electrons. The molecule has 8 nitrogen and oxygen atoms in total. The molecule has 6 rings (SSSR count). The van der Waals surface area contributed by atoms with Gasteiger partial charge in [0.15, 0.2) is 5.01 Å². The molecule has 11 heteroatoms. The third-order valence-corrected chi connectivity index (χ3v) is 7.70. The number of fused-ring (bicyclic) bond motifs is 2. The number of rotatable bonds is 5. The first-order chi connectivity index (χ1) is 17.8. The lowest BCUT2D eigenvalue weighted by Gasteiger charge is -2.17. The maximum atomic E-state index is 13.6. The highest BCUT2D eigenvalue weighted by molar-refractivity contribution is 7.15. The predicted molar refractivity (Wildman–Crippen MR) is 133 cm³/mol. The number of methoxy groups -OCH3 is 1. The average Bonchev–Trinajstić information content (AvgIpc) is 3.83. The molecule has 0 bridgehead atoms. The summed E-state index contributed by atoms with van der Waals surface area (Å²) in [6.07, 6.45) is 1.96. The molecule has 3 heterocycles. The van der Waals surface area contributed by atoms with Crippen molar-refractivity contribution in [3.05, 3.63) is 46.2 Å². The minimum Gasteiger partial charge on any atom is -0.494 e. The minimum atomic E-state index is -2.81. The van der Waals surface area contributed by atoms with E-state index in [4.69, 9.17) is 4.74 Å². The molecule has 0 atom stereocenters. The molecule has 1 spiro atoms. The third kappa shape index (κ3) is 4.01. The van der Waals surface area contributed by atoms with Crippen LogP contribution in [0.4, 0.5) is 19.6 Å². The van der Waals surface area contributed by atoms with Crippen molar-refractivity contribution in [3.8, 4) is 28.7 Å². The van der Waals surface area contributed by atoms with E-state index in [-0.39, 0.29) is 27.9 Å². The van der Waals surface area contributed by atoms with Crippen LogP contribution in [0.2, 0.25) is 0 Å². The molecule has 37 heavy (non-hydrogen) atoms. The summed E-state index contributed by atoms with van der Waals surface area (Å²) in [5, 5.41) is 11.6. The van der Waals surface area contributed by atoms with Crippen LogP contribution < -0.4 is 15.0 Å². The molecule has 2 saturated carbocycles. The predicted octanol–water partition coefficient (Wildman–Crippen LogP) is 4.57. The first kappa shape index (κ1) is 23.5. The third-order valence-electron chi connectivity index (χ3n) is 6.95. The van der Waals surface area contributed by atoms with Crippen LogP contribution in [0.15, 0.2) is 24.4 Å². The monoisotopic (exact) mass is 521 g/mol. The SMILES string of the molecule is COc1cnc(C(F)F)cc1-c1cc2c(cc1C(=O)Nc1nnc(C#CC3CC3)s1)N(C)C(=O)C21CC1. The second-order valence-electron chi connectivity index (χ2n) is 9.38. The minimum absolute atomic E-state index is 0.0380. The average molecular weight is 522 g/mol. The molecule has 0 saturated heterocycles. The number of halogens is 2. The molecule has 2 aliphatic carbocycles. The Labute approximate surface area is 215 Å². The first-order valence-corrected chi connectivity index (χ1v) is 12.6. The zero-order valence-electron chi connectivity index (χ0n) is 20.0. The van der Waals surface area contributed by atoms with Crippen molar-refractivity contribution in [2.24, 2.45) is 5.92 Å². The van der Waals surface area contributed by atoms with Crippen LogP contribution in [0.5, 0.6) is 5.75 Å². The highest BCUT2D eigenvalue weighted by Gasteiger charge is 2.58. The van der Waals surface area contributed by atoms with E-state index in [0.717, 1.165) is 29.7 Å². The molecule has 3 aliphatic rings. The second-order valence-corrected chi connectivity index (χ2v) is 10.4. The molecule has 1 N–H and O–H groups in total. The quantitative estimate of drug-likeness (QED) is 0.494. The summed E-state index contributed by atoms with van der Waals surface area (Å²) in [5.41, 5.74) is 1.15. The zero-order valence-corrected chi connectivity index (χ0v) is 20.8. The van der Waals surface area contributed by atoms with Crippen LogP contribution in [0.3, 0.4) is 0 Å². The smallest absolute Gasteiger partial charge is 0.280 e. The number of alkyl halides is 2. The van der Waals surface area contributed by atoms with Gasteiger partial charge in [0.2, 0.25) is 11.0 Å². The van der Waals surface area contributed by atoms with Crippen molar-refractivity contribution >= 4 is 34.0 Å². The number of likely N-dealkylation sites (N-methyl/N-ethyl adjacent to an activating group) is 1. The number of carbonyl (C=O) groups excluding carboxylic acids is 2. The topological polar surface area (TPSA) is 97.3 Å². The van der Waals surface area contributed by atoms with Crippen LogP contribution in [0.25, 0.3) is 11.1 Å². The molecular formula is C26H21F2N5O3S. The number of anilines is 2. The Balaban J connectivity index is 1.45. The second kappa shape index (κ2) is 8.59. The Morgan fingerprint density at radius 1 is 1.24 bits per heavy atom. The number of hydrogen-bond acceptors (Lipinski definition) is 7. The Morgan fingerprint density at radius 2 is 2.03 bits per heavy atom. The van der Waals surface area contributed by atoms with E-state index in [1.807, 2.05) is 0 Å². The van der Waals surface area contributed by atoms with E-state index in [9.17, 15) is 18.4 Å². The Morgan fingerprint density at radius 3 is 2.70 bits per heavy atom. The normalized spacial score (nSPS) is 17.0. The highest BCUT2D eigenvalue weighted by atomic mass is 32.1. The van der Waals surface area contributed by atoms with Crippen molar-refractivity contribution in [2.75, 3.05) is 24.4 Å². The molecule has 1 aromatic carbocycles. The van der Waals surface area contributed by atoms with Gasteiger partial charge in [-0.15, -0.1) is 10.2 Å². The van der Waals surface area contributed by atoms with E-state index in [1.165, 1.54) is 19.4 Å². The molecule has 1 aliphatic heterocycles. The van der Waals surface area contributed by atoms with Gasteiger partial charge in [-0.25, -0.2) is 8.78 Å². The van der Waals surface area contributed by atoms with Crippen molar-refractivity contribution in [3.63, 3.8) is 0 Å². The van der Waals surface area contributed by atoms with Crippen LogP contribution in [0.1, 0.15) is 58.7 Å². The summed E-state index contributed by atoms with van der Waals surface area (Å²) in [5.74, 6) is 6.15. The molecule has 0 unspecified atom stereocenters. The largest absolute Gasteiger partial charge is 0.494 e. The van der Waals surface area contributed by atoms with Gasteiger partial charge in [0, 0.05) is 29.8 Å². The maximum absolute atomic E-state index is 13.6. The fraction of sp³-hybridized carbons (Fsp3) is 0.346. The van der Waals surface area contributed by atoms with E-state index in [0.29, 0.717) is 35.0 Å². The Kier molecular flexibility index (Phi) is 5.45. The molecule has 2 aromatic heterocycles. The summed E-state index contributed by atoms with van der Waals surface area (Å²) in [7, 11) is 3.08. The molecular weight excluding hydrogens is 500 g/mol. The van der Waals surface area contributed by atoms with Crippen molar-refractivity contribution in [1.82, 2.24) is 15.2 Å². The summed E-state index contributed by atoms with van der Waals surface area (Å²) >= 11 is 1.15. The van der Waals surface area contributed by atoms with Gasteiger partial charge in [0.25, 0.3) is 12.3 Å². The van der Waals surface area contributed by atoms with E-state index in [2.05, 4.69) is 32.3 Å². The maximum Gasteiger partial charge on any atom is 0.280 e. The summed E-state index contributed by atoms with van der Waals surface area (Å²) in [6, 6.07) is 4.60. The number of carbonyl (C=O) groups is 2. The van der Waals surface area contributed by atoms with Gasteiger partial charge >= 0.3 is 0 Å². The molecule has 2 amide bonds. The Bertz CT molecular complexity index is 1520. The number of benzene rings is 1. The van der Waals surface area contributed by atoms with E-state index in [1.54, 1.807) is 24.1 Å². The molecule has 3 aromatic rings. The summed E-state index contributed by atoms with van der Waals surface area (Å²) in [4.78, 5) is 31.9. The fourth-order valence-electron chi connectivity index (χ4n) is 4.65. The van der Waals surface area contributed by atoms with Crippen molar-refractivity contribution < 1.29 is 23.1 Å². The van der Waals surface area contributed by atoms with Crippen LogP contribution in [-0.2, 0) is 10.2 Å². The van der Waals surface area contributed by atoms with E-state index >= 15 is 0 Å². The Hall–Kier alpha value is -3.91. The van der Waals surface area contributed by atoms with Gasteiger partial charge in [-0.1, -0.05) is 17.3 Å². The first-order valence-electron chi connectivity index (χ1n) is 11.8. The fourth-order valence-corrected chi connectivity index (χ4v) is 5.25. The lowest BCUT2D eigenvalue weighted by atomic mass is 9.90. The molecule has 2 fully saturated rings. The summed E-state index contributed by atoms with van der Waals surface area (Å²) in [6.45, 7) is 0. The zero-order chi connectivity index (χ0) is 25.9. The van der Waals surface area contributed by atoms with Gasteiger partial charge in [0.05, 0.1) is 18.7 Å². The molecule has 0 radical (unpaired) electrons. The van der Waals surface area contributed by atoms with Gasteiger partial charge in [-0.05, 0) is 60.9 Å².